The summed E-state index contributed by atoms with van der Waals surface area (Å²) in [5.41, 5.74) is 0. The molecular formula is C24H15F5Ge. The van der Waals surface area contributed by atoms with Gasteiger partial charge in [-0.2, -0.15) is 0 Å². The van der Waals surface area contributed by atoms with Crippen molar-refractivity contribution in [1.29, 1.82) is 0 Å². The van der Waals surface area contributed by atoms with E-state index in [-0.39, 0.29) is 0 Å². The van der Waals surface area contributed by atoms with E-state index in [0.717, 1.165) is 0 Å². The zero-order valence-electron chi connectivity index (χ0n) is 15.6. The first-order valence-corrected chi connectivity index (χ1v) is 13.4. The van der Waals surface area contributed by atoms with Crippen LogP contribution in [0, 0.1) is 29.1 Å². The maximum absolute atomic E-state index is 15.3. The molecule has 0 amide bonds. The molecule has 4 aromatic carbocycles. The minimum absolute atomic E-state index is 0.554. The van der Waals surface area contributed by atoms with Crippen molar-refractivity contribution in [2.24, 2.45) is 0 Å². The van der Waals surface area contributed by atoms with Crippen LogP contribution < -0.4 is 17.6 Å². The van der Waals surface area contributed by atoms with E-state index in [1.54, 1.807) is 91.0 Å². The minimum atomic E-state index is -4.61. The van der Waals surface area contributed by atoms with Crippen molar-refractivity contribution in [3.8, 4) is 0 Å². The number of hydrogen-bond donors (Lipinski definition) is 0. The Kier molecular flexibility index (Phi) is 5.47. The van der Waals surface area contributed by atoms with E-state index in [1.807, 2.05) is 0 Å². The van der Waals surface area contributed by atoms with E-state index < -0.39 is 46.7 Å². The topological polar surface area (TPSA) is 0 Å². The van der Waals surface area contributed by atoms with Crippen molar-refractivity contribution in [3.63, 3.8) is 0 Å². The fourth-order valence-corrected chi connectivity index (χ4v) is 14.0. The number of hydrogen-bond acceptors (Lipinski definition) is 0. The zero-order valence-corrected chi connectivity index (χ0v) is 17.6. The van der Waals surface area contributed by atoms with Gasteiger partial charge in [0.15, 0.2) is 0 Å². The van der Waals surface area contributed by atoms with Gasteiger partial charge in [0.05, 0.1) is 0 Å². The second-order valence-corrected chi connectivity index (χ2v) is 14.6. The van der Waals surface area contributed by atoms with Gasteiger partial charge in [-0.25, -0.2) is 0 Å². The number of rotatable bonds is 4. The summed E-state index contributed by atoms with van der Waals surface area (Å²) in [7, 11) is 0. The molecule has 0 bridgehead atoms. The molecule has 0 N–H and O–H groups in total. The Balaban J connectivity index is 2.27. The summed E-state index contributed by atoms with van der Waals surface area (Å²) in [4.78, 5) is 0. The molecule has 0 spiro atoms. The summed E-state index contributed by atoms with van der Waals surface area (Å²) in [5, 5.41) is 0. The summed E-state index contributed by atoms with van der Waals surface area (Å²) in [6, 6.07) is 25.6. The van der Waals surface area contributed by atoms with Gasteiger partial charge in [0.2, 0.25) is 0 Å². The van der Waals surface area contributed by atoms with Crippen molar-refractivity contribution in [2.75, 3.05) is 0 Å². The quantitative estimate of drug-likeness (QED) is 0.184. The predicted octanol–water partition coefficient (Wildman–Crippen LogP) is 3.76. The molecule has 150 valence electrons. The van der Waals surface area contributed by atoms with Crippen LogP contribution >= 0.6 is 0 Å². The Bertz CT molecular complexity index is 1050. The van der Waals surface area contributed by atoms with Crippen LogP contribution in [-0.4, -0.2) is 13.3 Å². The van der Waals surface area contributed by atoms with Crippen molar-refractivity contribution in [2.45, 2.75) is 0 Å². The molecule has 0 heterocycles. The first kappa shape index (κ1) is 20.3. The summed E-state index contributed by atoms with van der Waals surface area (Å²) >= 11 is -4.61. The van der Waals surface area contributed by atoms with E-state index in [2.05, 4.69) is 0 Å². The summed E-state index contributed by atoms with van der Waals surface area (Å²) in [6.07, 6.45) is 0. The van der Waals surface area contributed by atoms with Crippen LogP contribution in [0.4, 0.5) is 22.0 Å². The Morgan fingerprint density at radius 2 is 0.633 bits per heavy atom. The second kappa shape index (κ2) is 8.07. The van der Waals surface area contributed by atoms with Gasteiger partial charge in [-0.15, -0.1) is 0 Å². The van der Waals surface area contributed by atoms with Crippen LogP contribution in [-0.2, 0) is 0 Å². The third-order valence-electron chi connectivity index (χ3n) is 5.21. The van der Waals surface area contributed by atoms with E-state index in [4.69, 9.17) is 0 Å². The van der Waals surface area contributed by atoms with Gasteiger partial charge in [-0.1, -0.05) is 0 Å². The SMILES string of the molecule is Fc1c(F)c(F)[c]([Ge]([c]2ccccc2)([c]2ccccc2)[c]2ccccc2)c(F)c1F. The summed E-state index contributed by atoms with van der Waals surface area (Å²) in [6.45, 7) is 0. The molecule has 0 saturated carbocycles. The van der Waals surface area contributed by atoms with E-state index in [9.17, 15) is 13.2 Å². The van der Waals surface area contributed by atoms with Gasteiger partial charge in [-0.05, 0) is 0 Å². The van der Waals surface area contributed by atoms with Gasteiger partial charge in [0, 0.05) is 0 Å². The molecule has 6 heteroatoms. The van der Waals surface area contributed by atoms with Crippen molar-refractivity contribution < 1.29 is 22.0 Å². The van der Waals surface area contributed by atoms with Crippen LogP contribution in [0.5, 0.6) is 0 Å². The molecule has 0 radical (unpaired) electrons. The Morgan fingerprint density at radius 1 is 0.367 bits per heavy atom. The molecular weight excluding hydrogens is 456 g/mol. The van der Waals surface area contributed by atoms with Crippen LogP contribution in [0.15, 0.2) is 91.0 Å². The number of benzene rings is 4. The Hall–Kier alpha value is -2.93. The molecule has 0 aliphatic rings. The van der Waals surface area contributed by atoms with Gasteiger partial charge in [0.25, 0.3) is 0 Å². The summed E-state index contributed by atoms with van der Waals surface area (Å²) < 4.78 is 74.1. The molecule has 0 fully saturated rings. The van der Waals surface area contributed by atoms with Gasteiger partial charge in [-0.3, -0.25) is 0 Å². The van der Waals surface area contributed by atoms with Crippen molar-refractivity contribution in [3.05, 3.63) is 120 Å². The summed E-state index contributed by atoms with van der Waals surface area (Å²) in [5.74, 6) is -9.56. The monoisotopic (exact) mass is 472 g/mol. The van der Waals surface area contributed by atoms with Gasteiger partial charge < -0.3 is 0 Å². The van der Waals surface area contributed by atoms with E-state index in [0.29, 0.717) is 13.2 Å². The zero-order chi connectivity index (χ0) is 21.3. The fourth-order valence-electron chi connectivity index (χ4n) is 3.93. The van der Waals surface area contributed by atoms with Crippen LogP contribution in [0.3, 0.4) is 0 Å². The third-order valence-corrected chi connectivity index (χ3v) is 15.2. The first-order valence-electron chi connectivity index (χ1n) is 9.18. The third kappa shape index (κ3) is 3.05. The number of halogens is 5. The molecule has 4 rings (SSSR count). The molecule has 0 unspecified atom stereocenters. The normalized spacial score (nSPS) is 11.5. The van der Waals surface area contributed by atoms with Crippen molar-refractivity contribution in [1.82, 2.24) is 0 Å². The predicted molar refractivity (Wildman–Crippen MR) is 110 cm³/mol. The average Bonchev–Trinajstić information content (AvgIpc) is 2.81. The molecule has 0 aliphatic heterocycles. The second-order valence-electron chi connectivity index (χ2n) is 6.79. The molecule has 0 aromatic heterocycles. The Morgan fingerprint density at radius 3 is 0.933 bits per heavy atom. The van der Waals surface area contributed by atoms with Crippen molar-refractivity contribution >= 4 is 30.8 Å². The molecule has 0 nitrogen and oxygen atoms in total. The molecule has 30 heavy (non-hydrogen) atoms. The maximum atomic E-state index is 15.3. The van der Waals surface area contributed by atoms with E-state index >= 15 is 8.78 Å². The van der Waals surface area contributed by atoms with Crippen LogP contribution in [0.25, 0.3) is 0 Å². The molecule has 4 aromatic rings. The standard InChI is InChI=1S/C24H15F5Ge/c25-19-20(26)22(28)24(23(29)21(19)27)30(16-10-4-1-5-11-16,17-12-6-2-7-13-17)18-14-8-3-9-15-18/h1-15H. The fraction of sp³-hybridized carbons (Fsp3) is 0. The van der Waals surface area contributed by atoms with Crippen LogP contribution in [0.1, 0.15) is 0 Å². The molecule has 0 aliphatic carbocycles. The van der Waals surface area contributed by atoms with Gasteiger partial charge >= 0.3 is 173 Å². The molecule has 0 atom stereocenters. The van der Waals surface area contributed by atoms with Gasteiger partial charge in [0.1, 0.15) is 0 Å². The molecule has 0 saturated heterocycles. The first-order chi connectivity index (χ1) is 14.5. The Labute approximate surface area is 173 Å². The average molecular weight is 471 g/mol. The van der Waals surface area contributed by atoms with E-state index in [1.165, 1.54) is 0 Å². The van der Waals surface area contributed by atoms with Crippen LogP contribution in [0.2, 0.25) is 0 Å².